The second-order valence-electron chi connectivity index (χ2n) is 3.07. The Morgan fingerprint density at radius 3 is 2.83 bits per heavy atom. The van der Waals surface area contributed by atoms with E-state index in [0.717, 1.165) is 27.8 Å². The van der Waals surface area contributed by atoms with E-state index in [1.165, 1.54) is 0 Å². The largest absolute Gasteiger partial charge is 0.464 e. The number of aryl methyl sites for hydroxylation is 2. The normalized spacial score (nSPS) is 10.8. The lowest BCUT2D eigenvalue weighted by Crippen LogP contribution is -1.90. The molecule has 0 saturated heterocycles. The number of fused-ring (bicyclic) bond motifs is 1. The minimum Gasteiger partial charge on any atom is -0.464 e. The van der Waals surface area contributed by atoms with E-state index >= 15 is 0 Å². The van der Waals surface area contributed by atoms with Crippen molar-refractivity contribution in [2.75, 3.05) is 5.73 Å². The van der Waals surface area contributed by atoms with Crippen molar-refractivity contribution in [3.63, 3.8) is 0 Å². The standard InChI is InChI=1S/C10H11NO/c1-6-5-9(11)7(2)8-3-4-12-10(6)8/h3-5H,11H2,1-2H3. The van der Waals surface area contributed by atoms with Crippen LogP contribution in [0.15, 0.2) is 22.8 Å². The van der Waals surface area contributed by atoms with E-state index in [9.17, 15) is 0 Å². The molecular weight excluding hydrogens is 150 g/mol. The summed E-state index contributed by atoms with van der Waals surface area (Å²) in [5.41, 5.74) is 9.78. The van der Waals surface area contributed by atoms with Gasteiger partial charge in [-0.05, 0) is 37.1 Å². The highest BCUT2D eigenvalue weighted by Crippen LogP contribution is 2.27. The highest BCUT2D eigenvalue weighted by molar-refractivity contribution is 5.88. The molecule has 12 heavy (non-hydrogen) atoms. The second-order valence-corrected chi connectivity index (χ2v) is 3.07. The van der Waals surface area contributed by atoms with Gasteiger partial charge in [-0.3, -0.25) is 0 Å². The number of rotatable bonds is 0. The number of anilines is 1. The van der Waals surface area contributed by atoms with E-state index in [-0.39, 0.29) is 0 Å². The monoisotopic (exact) mass is 161 g/mol. The molecule has 2 N–H and O–H groups in total. The van der Waals surface area contributed by atoms with Crippen LogP contribution in [0.3, 0.4) is 0 Å². The topological polar surface area (TPSA) is 39.2 Å². The number of furan rings is 1. The molecular formula is C10H11NO. The predicted molar refractivity (Wildman–Crippen MR) is 50.1 cm³/mol. The van der Waals surface area contributed by atoms with Gasteiger partial charge in [-0.25, -0.2) is 0 Å². The molecule has 62 valence electrons. The maximum absolute atomic E-state index is 5.80. The molecule has 2 aromatic rings. The molecule has 0 saturated carbocycles. The fraction of sp³-hybridized carbons (Fsp3) is 0.200. The zero-order valence-corrected chi connectivity index (χ0v) is 7.22. The lowest BCUT2D eigenvalue weighted by Gasteiger charge is -2.02. The number of hydrogen-bond acceptors (Lipinski definition) is 2. The summed E-state index contributed by atoms with van der Waals surface area (Å²) in [4.78, 5) is 0. The smallest absolute Gasteiger partial charge is 0.137 e. The second kappa shape index (κ2) is 2.27. The van der Waals surface area contributed by atoms with Gasteiger partial charge in [0, 0.05) is 11.1 Å². The first-order chi connectivity index (χ1) is 5.70. The molecule has 0 spiro atoms. The summed E-state index contributed by atoms with van der Waals surface area (Å²) in [6.45, 7) is 4.01. The number of nitrogens with two attached hydrogens (primary N) is 1. The summed E-state index contributed by atoms with van der Waals surface area (Å²) in [5, 5.41) is 1.12. The molecule has 0 radical (unpaired) electrons. The Labute approximate surface area is 71.0 Å². The summed E-state index contributed by atoms with van der Waals surface area (Å²) in [5.74, 6) is 0. The highest BCUT2D eigenvalue weighted by Gasteiger charge is 2.06. The van der Waals surface area contributed by atoms with Gasteiger partial charge in [-0.15, -0.1) is 0 Å². The predicted octanol–water partition coefficient (Wildman–Crippen LogP) is 2.63. The Morgan fingerprint density at radius 1 is 1.33 bits per heavy atom. The van der Waals surface area contributed by atoms with Crippen LogP contribution in [-0.4, -0.2) is 0 Å². The van der Waals surface area contributed by atoms with Crippen molar-refractivity contribution in [3.8, 4) is 0 Å². The minimum atomic E-state index is 0.835. The lowest BCUT2D eigenvalue weighted by molar-refractivity contribution is 0.613. The van der Waals surface area contributed by atoms with Gasteiger partial charge in [0.05, 0.1) is 6.26 Å². The molecule has 1 aromatic carbocycles. The van der Waals surface area contributed by atoms with Crippen LogP contribution in [0, 0.1) is 13.8 Å². The maximum Gasteiger partial charge on any atom is 0.137 e. The van der Waals surface area contributed by atoms with Crippen LogP contribution in [-0.2, 0) is 0 Å². The molecule has 1 aromatic heterocycles. The SMILES string of the molecule is Cc1c(N)cc(C)c2occc12. The summed E-state index contributed by atoms with van der Waals surface area (Å²) in [6, 6.07) is 3.90. The third-order valence-electron chi connectivity index (χ3n) is 2.23. The average Bonchev–Trinajstić information content (AvgIpc) is 2.48. The zero-order valence-electron chi connectivity index (χ0n) is 7.22. The van der Waals surface area contributed by atoms with E-state index in [0.29, 0.717) is 0 Å². The van der Waals surface area contributed by atoms with Crippen molar-refractivity contribution in [2.24, 2.45) is 0 Å². The Bertz CT molecular complexity index is 429. The fourth-order valence-electron chi connectivity index (χ4n) is 1.47. The van der Waals surface area contributed by atoms with Gasteiger partial charge in [0.2, 0.25) is 0 Å². The molecule has 0 aliphatic heterocycles. The molecule has 0 atom stereocenters. The Kier molecular flexibility index (Phi) is 1.37. The summed E-state index contributed by atoms with van der Waals surface area (Å²) in [6.07, 6.45) is 1.70. The molecule has 0 aliphatic rings. The first-order valence-electron chi connectivity index (χ1n) is 3.93. The lowest BCUT2D eigenvalue weighted by atomic mass is 10.1. The van der Waals surface area contributed by atoms with Gasteiger partial charge in [-0.2, -0.15) is 0 Å². The highest BCUT2D eigenvalue weighted by atomic mass is 16.3. The van der Waals surface area contributed by atoms with Gasteiger partial charge in [0.15, 0.2) is 0 Å². The molecule has 0 fully saturated rings. The van der Waals surface area contributed by atoms with Crippen LogP contribution in [0.5, 0.6) is 0 Å². The molecule has 0 unspecified atom stereocenters. The first kappa shape index (κ1) is 7.22. The zero-order chi connectivity index (χ0) is 8.72. The number of nitrogen functional groups attached to an aromatic ring is 1. The van der Waals surface area contributed by atoms with Gasteiger partial charge >= 0.3 is 0 Å². The van der Waals surface area contributed by atoms with Gasteiger partial charge in [0.25, 0.3) is 0 Å². The van der Waals surface area contributed by atoms with Crippen LogP contribution in [0.4, 0.5) is 5.69 Å². The van der Waals surface area contributed by atoms with Crippen molar-refractivity contribution in [1.29, 1.82) is 0 Å². The Balaban J connectivity index is 2.97. The van der Waals surface area contributed by atoms with Gasteiger partial charge in [0.1, 0.15) is 5.58 Å². The van der Waals surface area contributed by atoms with E-state index in [1.807, 2.05) is 26.0 Å². The van der Waals surface area contributed by atoms with Crippen LogP contribution in [0.2, 0.25) is 0 Å². The maximum atomic E-state index is 5.80. The molecule has 0 bridgehead atoms. The number of benzene rings is 1. The van der Waals surface area contributed by atoms with E-state index in [1.54, 1.807) is 6.26 Å². The Morgan fingerprint density at radius 2 is 2.08 bits per heavy atom. The minimum absolute atomic E-state index is 0.835. The van der Waals surface area contributed by atoms with E-state index in [2.05, 4.69) is 0 Å². The first-order valence-corrected chi connectivity index (χ1v) is 3.93. The summed E-state index contributed by atoms with van der Waals surface area (Å²) in [7, 11) is 0. The Hall–Kier alpha value is -1.44. The molecule has 1 heterocycles. The van der Waals surface area contributed by atoms with Gasteiger partial charge < -0.3 is 10.2 Å². The van der Waals surface area contributed by atoms with E-state index < -0.39 is 0 Å². The summed E-state index contributed by atoms with van der Waals surface area (Å²) < 4.78 is 5.33. The van der Waals surface area contributed by atoms with Crippen LogP contribution in [0.1, 0.15) is 11.1 Å². The molecule has 2 nitrogen and oxygen atoms in total. The third-order valence-corrected chi connectivity index (χ3v) is 2.23. The van der Waals surface area contributed by atoms with Crippen LogP contribution >= 0.6 is 0 Å². The van der Waals surface area contributed by atoms with Crippen molar-refractivity contribution in [2.45, 2.75) is 13.8 Å². The molecule has 0 aliphatic carbocycles. The molecule has 2 rings (SSSR count). The van der Waals surface area contributed by atoms with Crippen LogP contribution in [0.25, 0.3) is 11.0 Å². The third kappa shape index (κ3) is 0.811. The fourth-order valence-corrected chi connectivity index (χ4v) is 1.47. The van der Waals surface area contributed by atoms with E-state index in [4.69, 9.17) is 10.2 Å². The van der Waals surface area contributed by atoms with Crippen molar-refractivity contribution >= 4 is 16.7 Å². The number of hydrogen-bond donors (Lipinski definition) is 1. The van der Waals surface area contributed by atoms with Crippen molar-refractivity contribution in [3.05, 3.63) is 29.5 Å². The summed E-state index contributed by atoms with van der Waals surface area (Å²) >= 11 is 0. The van der Waals surface area contributed by atoms with Crippen LogP contribution < -0.4 is 5.73 Å². The van der Waals surface area contributed by atoms with Gasteiger partial charge in [-0.1, -0.05) is 0 Å². The average molecular weight is 161 g/mol. The molecule has 2 heteroatoms. The van der Waals surface area contributed by atoms with Crippen molar-refractivity contribution in [1.82, 2.24) is 0 Å². The quantitative estimate of drug-likeness (QED) is 0.603. The van der Waals surface area contributed by atoms with Crippen molar-refractivity contribution < 1.29 is 4.42 Å². The molecule has 0 amide bonds.